The van der Waals surface area contributed by atoms with Crippen molar-refractivity contribution in [2.45, 2.75) is 6.54 Å². The highest BCUT2D eigenvalue weighted by atomic mass is 127. The molecule has 2 heterocycles. The zero-order valence-corrected chi connectivity index (χ0v) is 15.1. The van der Waals surface area contributed by atoms with Crippen molar-refractivity contribution in [2.24, 2.45) is 10.7 Å². The summed E-state index contributed by atoms with van der Waals surface area (Å²) in [5, 5.41) is 0. The van der Waals surface area contributed by atoms with Gasteiger partial charge in [-0.15, -0.1) is 24.0 Å². The number of hydrogen-bond acceptors (Lipinski definition) is 4. The number of morpholine rings is 1. The van der Waals surface area contributed by atoms with Gasteiger partial charge in [0.15, 0.2) is 5.96 Å². The lowest BCUT2D eigenvalue weighted by Gasteiger charge is -2.27. The van der Waals surface area contributed by atoms with Crippen molar-refractivity contribution >= 4 is 41.7 Å². The lowest BCUT2D eigenvalue weighted by atomic mass is 10.2. The molecule has 8 heteroatoms. The third-order valence-electron chi connectivity index (χ3n) is 3.77. The number of cyclic esters (lactones) is 1. The van der Waals surface area contributed by atoms with Gasteiger partial charge in [0.05, 0.1) is 26.3 Å². The smallest absolute Gasteiger partial charge is 0.414 e. The van der Waals surface area contributed by atoms with E-state index in [4.69, 9.17) is 15.2 Å². The Hall–Kier alpha value is -1.55. The van der Waals surface area contributed by atoms with Gasteiger partial charge in [-0.2, -0.15) is 0 Å². The highest BCUT2D eigenvalue weighted by Crippen LogP contribution is 2.19. The number of halogens is 1. The molecule has 0 atom stereocenters. The summed E-state index contributed by atoms with van der Waals surface area (Å²) in [5.74, 6) is 0.551. The maximum atomic E-state index is 11.5. The first-order valence-electron chi connectivity index (χ1n) is 7.40. The van der Waals surface area contributed by atoms with E-state index in [1.54, 1.807) is 4.90 Å². The minimum atomic E-state index is -0.290. The number of amides is 1. The van der Waals surface area contributed by atoms with Crippen molar-refractivity contribution in [3.63, 3.8) is 0 Å². The van der Waals surface area contributed by atoms with Crippen molar-refractivity contribution in [3.05, 3.63) is 29.8 Å². The van der Waals surface area contributed by atoms with E-state index in [0.717, 1.165) is 24.3 Å². The summed E-state index contributed by atoms with van der Waals surface area (Å²) in [6.45, 7) is 4.51. The first kappa shape index (κ1) is 17.8. The molecule has 0 unspecified atom stereocenters. The number of nitrogens with two attached hydrogens (primary N) is 1. The fourth-order valence-corrected chi connectivity index (χ4v) is 2.47. The Labute approximate surface area is 152 Å². The Morgan fingerprint density at radius 3 is 2.43 bits per heavy atom. The largest absolute Gasteiger partial charge is 0.447 e. The molecule has 0 bridgehead atoms. The standard InChI is InChI=1S/C15H20N4O3.HI/c16-14(18-5-8-21-9-6-18)17-11-12-1-3-13(4-2-12)19-7-10-22-15(19)20;/h1-4H,5-11H2,(H2,16,17);1H. The molecule has 1 aromatic carbocycles. The fourth-order valence-electron chi connectivity index (χ4n) is 2.47. The van der Waals surface area contributed by atoms with Crippen LogP contribution in [0.4, 0.5) is 10.5 Å². The van der Waals surface area contributed by atoms with Gasteiger partial charge in [-0.1, -0.05) is 12.1 Å². The highest BCUT2D eigenvalue weighted by Gasteiger charge is 2.23. The van der Waals surface area contributed by atoms with Crippen molar-refractivity contribution in [3.8, 4) is 0 Å². The summed E-state index contributed by atoms with van der Waals surface area (Å²) in [5.41, 5.74) is 7.89. The van der Waals surface area contributed by atoms with Gasteiger partial charge >= 0.3 is 6.09 Å². The van der Waals surface area contributed by atoms with Crippen LogP contribution >= 0.6 is 24.0 Å². The average molecular weight is 432 g/mol. The Bertz CT molecular complexity index is 558. The highest BCUT2D eigenvalue weighted by molar-refractivity contribution is 14.0. The van der Waals surface area contributed by atoms with Crippen molar-refractivity contribution < 1.29 is 14.3 Å². The second-order valence-corrected chi connectivity index (χ2v) is 5.21. The number of carbonyl (C=O) groups is 1. The minimum Gasteiger partial charge on any atom is -0.447 e. The van der Waals surface area contributed by atoms with Crippen molar-refractivity contribution in [1.29, 1.82) is 0 Å². The maximum Gasteiger partial charge on any atom is 0.414 e. The molecular weight excluding hydrogens is 411 g/mol. The summed E-state index contributed by atoms with van der Waals surface area (Å²) < 4.78 is 10.2. The zero-order valence-electron chi connectivity index (χ0n) is 12.8. The predicted molar refractivity (Wildman–Crippen MR) is 98.3 cm³/mol. The van der Waals surface area contributed by atoms with E-state index in [1.165, 1.54) is 0 Å². The molecule has 1 amide bonds. The van der Waals surface area contributed by atoms with Crippen LogP contribution in [0.15, 0.2) is 29.3 Å². The van der Waals surface area contributed by atoms with E-state index in [1.807, 2.05) is 29.2 Å². The summed E-state index contributed by atoms with van der Waals surface area (Å²) in [6.07, 6.45) is -0.290. The molecule has 7 nitrogen and oxygen atoms in total. The molecule has 2 aliphatic rings. The van der Waals surface area contributed by atoms with E-state index in [0.29, 0.717) is 38.9 Å². The number of benzene rings is 1. The number of guanidine groups is 1. The average Bonchev–Trinajstić information content (AvgIpc) is 3.00. The van der Waals surface area contributed by atoms with Crippen LogP contribution in [0.5, 0.6) is 0 Å². The predicted octanol–water partition coefficient (Wildman–Crippen LogP) is 1.41. The van der Waals surface area contributed by atoms with Crippen LogP contribution in [-0.2, 0) is 16.0 Å². The normalized spacial score (nSPS) is 18.6. The van der Waals surface area contributed by atoms with Gasteiger partial charge < -0.3 is 20.1 Å². The Balaban J connectivity index is 0.00000192. The molecule has 2 aliphatic heterocycles. The van der Waals surface area contributed by atoms with Gasteiger partial charge in [-0.3, -0.25) is 4.90 Å². The molecule has 3 rings (SSSR count). The fraction of sp³-hybridized carbons (Fsp3) is 0.467. The van der Waals surface area contributed by atoms with Crippen LogP contribution in [0.3, 0.4) is 0 Å². The Kier molecular flexibility index (Phi) is 6.46. The van der Waals surface area contributed by atoms with Crippen LogP contribution in [0.1, 0.15) is 5.56 Å². The van der Waals surface area contributed by atoms with Gasteiger partial charge in [0, 0.05) is 18.8 Å². The van der Waals surface area contributed by atoms with Crippen LogP contribution in [-0.4, -0.2) is 56.4 Å². The molecule has 1 aromatic rings. The van der Waals surface area contributed by atoms with Crippen molar-refractivity contribution in [2.75, 3.05) is 44.4 Å². The molecule has 2 N–H and O–H groups in total. The molecule has 0 radical (unpaired) electrons. The molecule has 2 fully saturated rings. The lowest BCUT2D eigenvalue weighted by Crippen LogP contribution is -2.44. The quantitative estimate of drug-likeness (QED) is 0.444. The van der Waals surface area contributed by atoms with E-state index in [-0.39, 0.29) is 30.1 Å². The van der Waals surface area contributed by atoms with E-state index in [2.05, 4.69) is 4.99 Å². The molecular formula is C15H21IN4O3. The van der Waals surface area contributed by atoms with Crippen LogP contribution < -0.4 is 10.6 Å². The van der Waals surface area contributed by atoms with Crippen LogP contribution in [0.25, 0.3) is 0 Å². The minimum absolute atomic E-state index is 0. The van der Waals surface area contributed by atoms with Crippen LogP contribution in [0.2, 0.25) is 0 Å². The lowest BCUT2D eigenvalue weighted by molar-refractivity contribution is 0.0674. The maximum absolute atomic E-state index is 11.5. The summed E-state index contributed by atoms with van der Waals surface area (Å²) in [6, 6.07) is 7.72. The number of nitrogens with zero attached hydrogens (tertiary/aromatic N) is 3. The number of rotatable bonds is 3. The van der Waals surface area contributed by atoms with Gasteiger partial charge in [-0.25, -0.2) is 9.79 Å². The van der Waals surface area contributed by atoms with Gasteiger partial charge in [0.2, 0.25) is 0 Å². The van der Waals surface area contributed by atoms with E-state index >= 15 is 0 Å². The monoisotopic (exact) mass is 432 g/mol. The molecule has 0 spiro atoms. The summed E-state index contributed by atoms with van der Waals surface area (Å²) in [7, 11) is 0. The molecule has 0 saturated carbocycles. The van der Waals surface area contributed by atoms with E-state index in [9.17, 15) is 4.79 Å². The second kappa shape index (κ2) is 8.34. The molecule has 2 saturated heterocycles. The number of ether oxygens (including phenoxy) is 2. The number of carbonyl (C=O) groups excluding carboxylic acids is 1. The Morgan fingerprint density at radius 1 is 1.13 bits per heavy atom. The van der Waals surface area contributed by atoms with Crippen molar-refractivity contribution in [1.82, 2.24) is 4.90 Å². The zero-order chi connectivity index (χ0) is 15.4. The summed E-state index contributed by atoms with van der Waals surface area (Å²) in [4.78, 5) is 19.6. The molecule has 0 aliphatic carbocycles. The van der Waals surface area contributed by atoms with Gasteiger partial charge in [-0.05, 0) is 17.7 Å². The number of aliphatic imine (C=N–C) groups is 1. The SMILES string of the molecule is I.NC(=NCc1ccc(N2CCOC2=O)cc1)N1CCOCC1. The summed E-state index contributed by atoms with van der Waals surface area (Å²) >= 11 is 0. The van der Waals surface area contributed by atoms with Crippen LogP contribution in [0, 0.1) is 0 Å². The number of anilines is 1. The molecule has 0 aromatic heterocycles. The molecule has 126 valence electrons. The third-order valence-corrected chi connectivity index (χ3v) is 3.77. The Morgan fingerprint density at radius 2 is 1.83 bits per heavy atom. The third kappa shape index (κ3) is 4.47. The molecule has 23 heavy (non-hydrogen) atoms. The van der Waals surface area contributed by atoms with E-state index < -0.39 is 0 Å². The van der Waals surface area contributed by atoms with Gasteiger partial charge in [0.1, 0.15) is 6.61 Å². The second-order valence-electron chi connectivity index (χ2n) is 5.21. The first-order valence-corrected chi connectivity index (χ1v) is 7.40. The number of hydrogen-bond donors (Lipinski definition) is 1. The van der Waals surface area contributed by atoms with Gasteiger partial charge in [0.25, 0.3) is 0 Å². The first-order chi connectivity index (χ1) is 10.7. The topological polar surface area (TPSA) is 80.4 Å².